The molecular weight excluding hydrogens is 366 g/mol. The number of nitriles is 1. The second-order valence-corrected chi connectivity index (χ2v) is 6.74. The van der Waals surface area contributed by atoms with Crippen LogP contribution in [-0.2, 0) is 9.53 Å². The van der Waals surface area contributed by atoms with Crippen molar-refractivity contribution in [3.05, 3.63) is 64.7 Å². The lowest BCUT2D eigenvalue weighted by Gasteiger charge is -2.08. The van der Waals surface area contributed by atoms with E-state index in [1.165, 1.54) is 7.11 Å². The minimum absolute atomic E-state index is 0.138. The molecule has 0 saturated heterocycles. The highest BCUT2D eigenvalue weighted by atomic mass is 35.5. The van der Waals surface area contributed by atoms with Crippen molar-refractivity contribution in [1.29, 1.82) is 5.26 Å². The fourth-order valence-corrected chi connectivity index (χ4v) is 3.62. The SMILES string of the molecule is CCOC(=O)[C@]1(C#N)[C@H](C(=O)c2ccc(OC)cc2)[C@H]1c1ccc(Cl)cc1. The van der Waals surface area contributed by atoms with E-state index in [0.29, 0.717) is 21.9 Å². The molecule has 27 heavy (non-hydrogen) atoms. The molecule has 0 amide bonds. The van der Waals surface area contributed by atoms with Crippen molar-refractivity contribution in [2.45, 2.75) is 12.8 Å². The van der Waals surface area contributed by atoms with Gasteiger partial charge in [-0.3, -0.25) is 9.59 Å². The largest absolute Gasteiger partial charge is 0.497 e. The normalized spacial score (nSPS) is 23.2. The van der Waals surface area contributed by atoms with Gasteiger partial charge in [0.2, 0.25) is 0 Å². The van der Waals surface area contributed by atoms with Crippen LogP contribution in [0.25, 0.3) is 0 Å². The zero-order chi connectivity index (χ0) is 19.6. The second-order valence-electron chi connectivity index (χ2n) is 6.30. The smallest absolute Gasteiger partial charge is 0.327 e. The summed E-state index contributed by atoms with van der Waals surface area (Å²) in [6.07, 6.45) is 0. The van der Waals surface area contributed by atoms with Gasteiger partial charge in [0.15, 0.2) is 11.2 Å². The molecular formula is C21H18ClNO4. The number of nitrogens with zero attached hydrogens (tertiary/aromatic N) is 1. The molecule has 0 spiro atoms. The van der Waals surface area contributed by atoms with Crippen LogP contribution in [0.2, 0.25) is 5.02 Å². The maximum absolute atomic E-state index is 13.1. The second kappa shape index (κ2) is 7.42. The molecule has 3 rings (SSSR count). The topological polar surface area (TPSA) is 76.4 Å². The summed E-state index contributed by atoms with van der Waals surface area (Å²) in [5.41, 5.74) is -0.400. The van der Waals surface area contributed by atoms with E-state index in [2.05, 4.69) is 6.07 Å². The average Bonchev–Trinajstić information content (AvgIpc) is 3.38. The van der Waals surface area contributed by atoms with Gasteiger partial charge in [0.25, 0.3) is 0 Å². The Bertz CT molecular complexity index is 901. The van der Waals surface area contributed by atoms with Crippen LogP contribution in [0.4, 0.5) is 0 Å². The molecule has 1 saturated carbocycles. The quantitative estimate of drug-likeness (QED) is 0.556. The molecule has 0 aromatic heterocycles. The lowest BCUT2D eigenvalue weighted by atomic mass is 9.99. The van der Waals surface area contributed by atoms with E-state index in [1.807, 2.05) is 0 Å². The Morgan fingerprint density at radius 1 is 1.15 bits per heavy atom. The molecule has 3 atom stereocenters. The Kier molecular flexibility index (Phi) is 5.20. The van der Waals surface area contributed by atoms with Crippen LogP contribution >= 0.6 is 11.6 Å². The molecule has 0 unspecified atom stereocenters. The number of halogens is 1. The number of carbonyl (C=O) groups excluding carboxylic acids is 2. The zero-order valence-corrected chi connectivity index (χ0v) is 15.7. The molecule has 0 bridgehead atoms. The number of benzene rings is 2. The number of ketones is 1. The Morgan fingerprint density at radius 2 is 1.78 bits per heavy atom. The highest BCUT2D eigenvalue weighted by molar-refractivity contribution is 6.30. The lowest BCUT2D eigenvalue weighted by molar-refractivity contribution is -0.147. The van der Waals surface area contributed by atoms with E-state index in [0.717, 1.165) is 0 Å². The molecule has 0 radical (unpaired) electrons. The van der Waals surface area contributed by atoms with Crippen LogP contribution in [0.15, 0.2) is 48.5 Å². The van der Waals surface area contributed by atoms with Crippen molar-refractivity contribution in [3.63, 3.8) is 0 Å². The molecule has 5 nitrogen and oxygen atoms in total. The summed E-state index contributed by atoms with van der Waals surface area (Å²) in [6, 6.07) is 15.5. The van der Waals surface area contributed by atoms with Crippen LogP contribution < -0.4 is 4.74 Å². The fraction of sp³-hybridized carbons (Fsp3) is 0.286. The van der Waals surface area contributed by atoms with E-state index in [9.17, 15) is 14.9 Å². The van der Waals surface area contributed by atoms with Crippen molar-refractivity contribution in [2.75, 3.05) is 13.7 Å². The standard InChI is InChI=1S/C21H18ClNO4/c1-3-27-20(25)21(12-23)17(13-4-8-15(22)9-5-13)18(21)19(24)14-6-10-16(26-2)11-7-14/h4-11,17-18H,3H2,1-2H3/t17-,18+,21+/m1/s1. The Labute approximate surface area is 162 Å². The predicted molar refractivity (Wildman–Crippen MR) is 99.7 cm³/mol. The number of methoxy groups -OCH3 is 1. The van der Waals surface area contributed by atoms with E-state index in [1.54, 1.807) is 55.5 Å². The summed E-state index contributed by atoms with van der Waals surface area (Å²) in [6.45, 7) is 1.81. The molecule has 138 valence electrons. The van der Waals surface area contributed by atoms with Gasteiger partial charge in [-0.25, -0.2) is 0 Å². The number of Topliss-reactive ketones (excluding diaryl/α,β-unsaturated/α-hetero) is 1. The average molecular weight is 384 g/mol. The van der Waals surface area contributed by atoms with Crippen LogP contribution in [0.3, 0.4) is 0 Å². The number of hydrogen-bond acceptors (Lipinski definition) is 5. The van der Waals surface area contributed by atoms with Gasteiger partial charge in [-0.05, 0) is 48.9 Å². The first-order valence-electron chi connectivity index (χ1n) is 8.51. The van der Waals surface area contributed by atoms with Gasteiger partial charge < -0.3 is 9.47 Å². The summed E-state index contributed by atoms with van der Waals surface area (Å²) >= 11 is 5.94. The minimum Gasteiger partial charge on any atom is -0.497 e. The molecule has 0 heterocycles. The number of ether oxygens (including phenoxy) is 2. The molecule has 1 fully saturated rings. The molecule has 1 aliphatic rings. The summed E-state index contributed by atoms with van der Waals surface area (Å²) in [4.78, 5) is 25.7. The first-order chi connectivity index (χ1) is 13.0. The molecule has 6 heteroatoms. The van der Waals surface area contributed by atoms with Crippen LogP contribution in [0, 0.1) is 22.7 Å². The summed E-state index contributed by atoms with van der Waals surface area (Å²) < 4.78 is 10.2. The first kappa shape index (κ1) is 18.9. The maximum atomic E-state index is 13.1. The Hall–Kier alpha value is -2.84. The van der Waals surface area contributed by atoms with Crippen molar-refractivity contribution in [1.82, 2.24) is 0 Å². The summed E-state index contributed by atoms with van der Waals surface area (Å²) in [7, 11) is 1.54. The van der Waals surface area contributed by atoms with Gasteiger partial charge in [-0.1, -0.05) is 23.7 Å². The van der Waals surface area contributed by atoms with E-state index < -0.39 is 23.2 Å². The third-order valence-corrected chi connectivity index (χ3v) is 5.14. The van der Waals surface area contributed by atoms with Crippen molar-refractivity contribution in [3.8, 4) is 11.8 Å². The lowest BCUT2D eigenvalue weighted by Crippen LogP contribution is -2.23. The van der Waals surface area contributed by atoms with Gasteiger partial charge in [-0.15, -0.1) is 0 Å². The first-order valence-corrected chi connectivity index (χ1v) is 8.89. The van der Waals surface area contributed by atoms with Gasteiger partial charge >= 0.3 is 5.97 Å². The van der Waals surface area contributed by atoms with E-state index >= 15 is 0 Å². The highest BCUT2D eigenvalue weighted by Crippen LogP contribution is 2.66. The maximum Gasteiger partial charge on any atom is 0.327 e. The number of hydrogen-bond donors (Lipinski definition) is 0. The molecule has 1 aliphatic carbocycles. The van der Waals surface area contributed by atoms with Crippen LogP contribution in [-0.4, -0.2) is 25.5 Å². The monoisotopic (exact) mass is 383 g/mol. The fourth-order valence-electron chi connectivity index (χ4n) is 3.50. The molecule has 2 aromatic rings. The third kappa shape index (κ3) is 3.17. The molecule has 2 aromatic carbocycles. The minimum atomic E-state index is -1.53. The van der Waals surface area contributed by atoms with E-state index in [4.69, 9.17) is 21.1 Å². The van der Waals surface area contributed by atoms with Crippen molar-refractivity contribution >= 4 is 23.4 Å². The van der Waals surface area contributed by atoms with E-state index in [-0.39, 0.29) is 12.4 Å². The molecule has 0 aliphatic heterocycles. The zero-order valence-electron chi connectivity index (χ0n) is 14.9. The molecule has 0 N–H and O–H groups in total. The number of carbonyl (C=O) groups is 2. The predicted octanol–water partition coefficient (Wildman–Crippen LogP) is 4.02. The Morgan fingerprint density at radius 3 is 2.30 bits per heavy atom. The van der Waals surface area contributed by atoms with Crippen LogP contribution in [0.5, 0.6) is 5.75 Å². The Balaban J connectivity index is 2.01. The van der Waals surface area contributed by atoms with Gasteiger partial charge in [0.05, 0.1) is 25.7 Å². The van der Waals surface area contributed by atoms with Gasteiger partial charge in [0, 0.05) is 16.5 Å². The van der Waals surface area contributed by atoms with Crippen molar-refractivity contribution in [2.24, 2.45) is 11.3 Å². The number of esters is 1. The number of rotatable bonds is 6. The summed E-state index contributed by atoms with van der Waals surface area (Å²) in [5, 5.41) is 10.4. The van der Waals surface area contributed by atoms with Gasteiger partial charge in [-0.2, -0.15) is 5.26 Å². The third-order valence-electron chi connectivity index (χ3n) is 4.89. The van der Waals surface area contributed by atoms with Crippen molar-refractivity contribution < 1.29 is 19.1 Å². The van der Waals surface area contributed by atoms with Gasteiger partial charge in [0.1, 0.15) is 5.75 Å². The van der Waals surface area contributed by atoms with Crippen LogP contribution in [0.1, 0.15) is 28.8 Å². The summed E-state index contributed by atoms with van der Waals surface area (Å²) in [5.74, 6) is -1.70. The highest BCUT2D eigenvalue weighted by Gasteiger charge is 2.75.